The molecular formula is C47H40N2. The van der Waals surface area contributed by atoms with Gasteiger partial charge in [-0.2, -0.15) is 0 Å². The van der Waals surface area contributed by atoms with E-state index in [1.165, 1.54) is 33.4 Å². The number of anilines is 6. The molecule has 0 radical (unpaired) electrons. The Bertz CT molecular complexity index is 2150. The number of para-hydroxylation sites is 3. The van der Waals surface area contributed by atoms with Crippen molar-refractivity contribution in [3.63, 3.8) is 0 Å². The highest BCUT2D eigenvalue weighted by atomic mass is 15.1. The standard InChI is InChI=1S/C47H40N2/c1-34(35-23-27-40(28-24-35)48(37-15-7-4-8-16-37)38-17-9-5-10-18-38)36-25-29-41(30-26-36)49(39-19-11-6-12-20-39)42-31-32-46-44(33-42)43-21-13-14-22-45(43)47(46,2)3/h4-34H,1-3H3. The normalized spacial score (nSPS) is 13.3. The van der Waals surface area contributed by atoms with E-state index in [1.54, 1.807) is 0 Å². The lowest BCUT2D eigenvalue weighted by Gasteiger charge is -2.27. The van der Waals surface area contributed by atoms with E-state index < -0.39 is 0 Å². The first kappa shape index (κ1) is 30.5. The number of rotatable bonds is 8. The van der Waals surface area contributed by atoms with Gasteiger partial charge in [0.05, 0.1) is 0 Å². The van der Waals surface area contributed by atoms with Crippen LogP contribution in [0.25, 0.3) is 11.1 Å². The van der Waals surface area contributed by atoms with Gasteiger partial charge in [0, 0.05) is 45.5 Å². The van der Waals surface area contributed by atoms with Gasteiger partial charge >= 0.3 is 0 Å². The Labute approximate surface area is 290 Å². The molecule has 0 aliphatic heterocycles. The van der Waals surface area contributed by atoms with Crippen LogP contribution in [0.15, 0.2) is 182 Å². The average Bonchev–Trinajstić information content (AvgIpc) is 3.39. The molecule has 8 rings (SSSR count). The van der Waals surface area contributed by atoms with E-state index in [0.717, 1.165) is 34.1 Å². The smallest absolute Gasteiger partial charge is 0.0468 e. The van der Waals surface area contributed by atoms with Gasteiger partial charge in [0.2, 0.25) is 0 Å². The van der Waals surface area contributed by atoms with Gasteiger partial charge in [-0.05, 0) is 106 Å². The number of benzene rings is 7. The molecule has 1 aliphatic carbocycles. The Morgan fingerprint density at radius 3 is 1.22 bits per heavy atom. The van der Waals surface area contributed by atoms with Crippen molar-refractivity contribution in [2.75, 3.05) is 9.80 Å². The van der Waals surface area contributed by atoms with E-state index in [-0.39, 0.29) is 11.3 Å². The molecule has 0 aromatic heterocycles. The summed E-state index contributed by atoms with van der Waals surface area (Å²) in [5.41, 5.74) is 14.9. The average molecular weight is 633 g/mol. The third kappa shape index (κ3) is 5.60. The minimum absolute atomic E-state index is 0.0145. The van der Waals surface area contributed by atoms with E-state index in [0.29, 0.717) is 0 Å². The highest BCUT2D eigenvalue weighted by Gasteiger charge is 2.35. The van der Waals surface area contributed by atoms with Crippen molar-refractivity contribution in [1.29, 1.82) is 0 Å². The first-order valence-corrected chi connectivity index (χ1v) is 17.2. The van der Waals surface area contributed by atoms with Gasteiger partial charge in [0.1, 0.15) is 0 Å². The molecule has 49 heavy (non-hydrogen) atoms. The van der Waals surface area contributed by atoms with Crippen LogP contribution in [0.1, 0.15) is 48.9 Å². The summed E-state index contributed by atoms with van der Waals surface area (Å²) in [5.74, 6) is 0.244. The van der Waals surface area contributed by atoms with Crippen LogP contribution in [0.3, 0.4) is 0 Å². The molecular weight excluding hydrogens is 593 g/mol. The summed E-state index contributed by atoms with van der Waals surface area (Å²) in [5, 5.41) is 0. The van der Waals surface area contributed by atoms with Gasteiger partial charge in [-0.1, -0.05) is 130 Å². The zero-order valence-corrected chi connectivity index (χ0v) is 28.3. The van der Waals surface area contributed by atoms with E-state index in [2.05, 4.69) is 213 Å². The molecule has 0 N–H and O–H groups in total. The molecule has 2 nitrogen and oxygen atoms in total. The third-order valence-corrected chi connectivity index (χ3v) is 10.2. The summed E-state index contributed by atoms with van der Waals surface area (Å²) < 4.78 is 0. The molecule has 0 amide bonds. The second kappa shape index (κ2) is 12.6. The van der Waals surface area contributed by atoms with E-state index in [9.17, 15) is 0 Å². The predicted octanol–water partition coefficient (Wildman–Crippen LogP) is 13.1. The van der Waals surface area contributed by atoms with Gasteiger partial charge < -0.3 is 9.80 Å². The van der Waals surface area contributed by atoms with Crippen LogP contribution >= 0.6 is 0 Å². The monoisotopic (exact) mass is 632 g/mol. The fourth-order valence-corrected chi connectivity index (χ4v) is 7.49. The highest BCUT2D eigenvalue weighted by molar-refractivity contribution is 5.86. The molecule has 0 spiro atoms. The van der Waals surface area contributed by atoms with Crippen LogP contribution in [-0.2, 0) is 5.41 Å². The lowest BCUT2D eigenvalue weighted by atomic mass is 9.82. The fraction of sp³-hybridized carbons (Fsp3) is 0.106. The number of nitrogens with zero attached hydrogens (tertiary/aromatic N) is 2. The summed E-state index contributed by atoms with van der Waals surface area (Å²) in [4.78, 5) is 4.68. The molecule has 0 heterocycles. The minimum Gasteiger partial charge on any atom is -0.311 e. The second-order valence-electron chi connectivity index (χ2n) is 13.5. The van der Waals surface area contributed by atoms with Crippen molar-refractivity contribution in [2.24, 2.45) is 0 Å². The lowest BCUT2D eigenvalue weighted by molar-refractivity contribution is 0.660. The molecule has 238 valence electrons. The Morgan fingerprint density at radius 1 is 0.367 bits per heavy atom. The largest absolute Gasteiger partial charge is 0.311 e. The zero-order valence-electron chi connectivity index (χ0n) is 28.3. The molecule has 0 bridgehead atoms. The van der Waals surface area contributed by atoms with Gasteiger partial charge in [0.25, 0.3) is 0 Å². The number of hydrogen-bond acceptors (Lipinski definition) is 2. The fourth-order valence-electron chi connectivity index (χ4n) is 7.49. The number of fused-ring (bicyclic) bond motifs is 3. The molecule has 7 aromatic carbocycles. The molecule has 1 aliphatic rings. The summed E-state index contributed by atoms with van der Waals surface area (Å²) in [6, 6.07) is 65.8. The van der Waals surface area contributed by atoms with Crippen molar-refractivity contribution in [2.45, 2.75) is 32.1 Å². The van der Waals surface area contributed by atoms with Crippen LogP contribution < -0.4 is 9.80 Å². The van der Waals surface area contributed by atoms with Gasteiger partial charge in [0.15, 0.2) is 0 Å². The van der Waals surface area contributed by atoms with Gasteiger partial charge in [-0.15, -0.1) is 0 Å². The van der Waals surface area contributed by atoms with Crippen LogP contribution in [0.5, 0.6) is 0 Å². The second-order valence-corrected chi connectivity index (χ2v) is 13.5. The van der Waals surface area contributed by atoms with Crippen molar-refractivity contribution < 1.29 is 0 Å². The van der Waals surface area contributed by atoms with Crippen LogP contribution in [0.4, 0.5) is 34.1 Å². The molecule has 1 unspecified atom stereocenters. The van der Waals surface area contributed by atoms with Gasteiger partial charge in [-0.3, -0.25) is 0 Å². The van der Waals surface area contributed by atoms with E-state index in [4.69, 9.17) is 0 Å². The first-order valence-electron chi connectivity index (χ1n) is 17.2. The van der Waals surface area contributed by atoms with Crippen LogP contribution in [0.2, 0.25) is 0 Å². The van der Waals surface area contributed by atoms with Crippen LogP contribution in [0, 0.1) is 0 Å². The van der Waals surface area contributed by atoms with Crippen molar-refractivity contribution in [3.8, 4) is 11.1 Å². The van der Waals surface area contributed by atoms with Crippen molar-refractivity contribution in [3.05, 3.63) is 204 Å². The summed E-state index contributed by atoms with van der Waals surface area (Å²) >= 11 is 0. The SMILES string of the molecule is CC(c1ccc(N(c2ccccc2)c2ccccc2)cc1)c1ccc(N(c2ccccc2)c2ccc3c(c2)-c2ccccc2C3(C)C)cc1. The third-order valence-electron chi connectivity index (χ3n) is 10.2. The maximum absolute atomic E-state index is 2.38. The molecule has 0 fully saturated rings. The summed E-state index contributed by atoms with van der Waals surface area (Å²) in [6.45, 7) is 6.97. The zero-order chi connectivity index (χ0) is 33.4. The van der Waals surface area contributed by atoms with Crippen molar-refractivity contribution in [1.82, 2.24) is 0 Å². The Kier molecular flexibility index (Phi) is 7.86. The molecule has 2 heteroatoms. The summed E-state index contributed by atoms with van der Waals surface area (Å²) in [7, 11) is 0. The first-order chi connectivity index (χ1) is 24.0. The van der Waals surface area contributed by atoms with Crippen LogP contribution in [-0.4, -0.2) is 0 Å². The molecule has 0 saturated heterocycles. The molecule has 1 atom stereocenters. The van der Waals surface area contributed by atoms with Crippen molar-refractivity contribution >= 4 is 34.1 Å². The minimum atomic E-state index is -0.0145. The Hall–Kier alpha value is -5.86. The van der Waals surface area contributed by atoms with E-state index in [1.807, 2.05) is 0 Å². The molecule has 0 saturated carbocycles. The topological polar surface area (TPSA) is 6.48 Å². The lowest BCUT2D eigenvalue weighted by Crippen LogP contribution is -2.15. The van der Waals surface area contributed by atoms with E-state index >= 15 is 0 Å². The number of hydrogen-bond donors (Lipinski definition) is 0. The highest BCUT2D eigenvalue weighted by Crippen LogP contribution is 2.50. The Morgan fingerprint density at radius 2 is 0.735 bits per heavy atom. The maximum atomic E-state index is 2.38. The summed E-state index contributed by atoms with van der Waals surface area (Å²) in [6.07, 6.45) is 0. The Balaban J connectivity index is 1.10. The van der Waals surface area contributed by atoms with Gasteiger partial charge in [-0.25, -0.2) is 0 Å². The maximum Gasteiger partial charge on any atom is 0.0468 e. The molecule has 7 aromatic rings. The quantitative estimate of drug-likeness (QED) is 0.164. The predicted molar refractivity (Wildman–Crippen MR) is 207 cm³/mol.